The summed E-state index contributed by atoms with van der Waals surface area (Å²) < 4.78 is 10.5. The van der Waals surface area contributed by atoms with Crippen molar-refractivity contribution in [2.24, 2.45) is 0 Å². The second kappa shape index (κ2) is 7.11. The molecule has 1 N–H and O–H groups in total. The van der Waals surface area contributed by atoms with Gasteiger partial charge in [-0.25, -0.2) is 0 Å². The van der Waals surface area contributed by atoms with Gasteiger partial charge >= 0.3 is 0 Å². The molecular weight excluding hydrogens is 326 g/mol. The molecular formula is C21H17N3O2. The third kappa shape index (κ3) is 3.42. The second-order valence-electron chi connectivity index (χ2n) is 5.72. The highest BCUT2D eigenvalue weighted by Gasteiger charge is 2.10. The average molecular weight is 343 g/mol. The number of methoxy groups -OCH3 is 1. The van der Waals surface area contributed by atoms with E-state index in [2.05, 4.69) is 15.5 Å². The molecule has 0 amide bonds. The van der Waals surface area contributed by atoms with Gasteiger partial charge in [-0.15, -0.1) is 0 Å². The summed E-state index contributed by atoms with van der Waals surface area (Å²) in [6, 6.07) is 25.5. The summed E-state index contributed by atoms with van der Waals surface area (Å²) in [5, 5.41) is 7.43. The molecule has 0 spiro atoms. The third-order valence-electron chi connectivity index (χ3n) is 3.97. The van der Waals surface area contributed by atoms with Gasteiger partial charge in [-0.1, -0.05) is 23.4 Å². The van der Waals surface area contributed by atoms with Crippen molar-refractivity contribution in [3.05, 3.63) is 78.9 Å². The smallest absolute Gasteiger partial charge is 0.258 e. The molecule has 0 fully saturated rings. The van der Waals surface area contributed by atoms with Crippen LogP contribution in [-0.2, 0) is 0 Å². The number of benzene rings is 3. The summed E-state index contributed by atoms with van der Waals surface area (Å²) >= 11 is 0. The summed E-state index contributed by atoms with van der Waals surface area (Å²) in [6.07, 6.45) is 0. The van der Waals surface area contributed by atoms with Gasteiger partial charge in [0.2, 0.25) is 5.82 Å². The van der Waals surface area contributed by atoms with Gasteiger partial charge in [-0.2, -0.15) is 4.98 Å². The lowest BCUT2D eigenvalue weighted by atomic mass is 10.2. The van der Waals surface area contributed by atoms with E-state index in [0.29, 0.717) is 11.7 Å². The number of para-hydroxylation sites is 1. The van der Waals surface area contributed by atoms with E-state index >= 15 is 0 Å². The molecule has 5 heteroatoms. The Morgan fingerprint density at radius 3 is 2.12 bits per heavy atom. The Morgan fingerprint density at radius 1 is 0.769 bits per heavy atom. The second-order valence-corrected chi connectivity index (χ2v) is 5.72. The zero-order chi connectivity index (χ0) is 17.8. The molecule has 5 nitrogen and oxygen atoms in total. The maximum Gasteiger partial charge on any atom is 0.258 e. The molecule has 0 saturated carbocycles. The SMILES string of the molecule is COc1ccc(-c2nc(-c3ccc(Nc4ccccc4)cc3)no2)cc1. The van der Waals surface area contributed by atoms with Gasteiger partial charge in [0.1, 0.15) is 5.75 Å². The fourth-order valence-electron chi connectivity index (χ4n) is 2.58. The lowest BCUT2D eigenvalue weighted by molar-refractivity contribution is 0.414. The molecule has 0 unspecified atom stereocenters. The standard InChI is InChI=1S/C21H17N3O2/c1-25-19-13-9-16(10-14-19)21-23-20(24-26-21)15-7-11-18(12-8-15)22-17-5-3-2-4-6-17/h2-14,22H,1H3. The Morgan fingerprint density at radius 2 is 1.42 bits per heavy atom. The predicted octanol–water partition coefficient (Wildman–Crippen LogP) is 5.16. The summed E-state index contributed by atoms with van der Waals surface area (Å²) in [4.78, 5) is 4.48. The molecule has 0 aliphatic carbocycles. The summed E-state index contributed by atoms with van der Waals surface area (Å²) in [5.74, 6) is 1.83. The van der Waals surface area contributed by atoms with Crippen molar-refractivity contribution < 1.29 is 9.26 Å². The lowest BCUT2D eigenvalue weighted by Crippen LogP contribution is -1.89. The van der Waals surface area contributed by atoms with Gasteiger partial charge in [-0.05, 0) is 60.7 Å². The van der Waals surface area contributed by atoms with Crippen LogP contribution in [0.1, 0.15) is 0 Å². The minimum Gasteiger partial charge on any atom is -0.497 e. The quantitative estimate of drug-likeness (QED) is 0.542. The molecule has 0 bridgehead atoms. The Kier molecular flexibility index (Phi) is 4.35. The maximum atomic E-state index is 5.39. The van der Waals surface area contributed by atoms with Crippen molar-refractivity contribution >= 4 is 11.4 Å². The molecule has 128 valence electrons. The van der Waals surface area contributed by atoms with Crippen LogP contribution < -0.4 is 10.1 Å². The Hall–Kier alpha value is -3.60. The van der Waals surface area contributed by atoms with E-state index in [1.54, 1.807) is 7.11 Å². The number of ether oxygens (including phenoxy) is 1. The van der Waals surface area contributed by atoms with Gasteiger partial charge in [0.25, 0.3) is 5.89 Å². The molecule has 0 saturated heterocycles. The maximum absolute atomic E-state index is 5.39. The molecule has 4 rings (SSSR count). The summed E-state index contributed by atoms with van der Waals surface area (Å²) in [6.45, 7) is 0. The molecule has 0 aliphatic rings. The lowest BCUT2D eigenvalue weighted by Gasteiger charge is -2.06. The van der Waals surface area contributed by atoms with E-state index in [1.165, 1.54) is 0 Å². The van der Waals surface area contributed by atoms with Crippen LogP contribution in [0.3, 0.4) is 0 Å². The van der Waals surface area contributed by atoms with Crippen molar-refractivity contribution in [1.29, 1.82) is 0 Å². The number of hydrogen-bond donors (Lipinski definition) is 1. The number of nitrogens with one attached hydrogen (secondary N) is 1. The van der Waals surface area contributed by atoms with Crippen LogP contribution in [0.4, 0.5) is 11.4 Å². The number of rotatable bonds is 5. The minimum atomic E-state index is 0.481. The molecule has 0 radical (unpaired) electrons. The molecule has 1 aromatic heterocycles. The molecule has 26 heavy (non-hydrogen) atoms. The first-order valence-electron chi connectivity index (χ1n) is 8.22. The normalized spacial score (nSPS) is 10.5. The first-order chi connectivity index (χ1) is 12.8. The van der Waals surface area contributed by atoms with E-state index in [9.17, 15) is 0 Å². The number of aromatic nitrogens is 2. The van der Waals surface area contributed by atoms with Crippen LogP contribution in [0, 0.1) is 0 Å². The Bertz CT molecular complexity index is 978. The van der Waals surface area contributed by atoms with E-state index in [1.807, 2.05) is 78.9 Å². The highest BCUT2D eigenvalue weighted by Crippen LogP contribution is 2.25. The van der Waals surface area contributed by atoms with E-state index in [4.69, 9.17) is 9.26 Å². The van der Waals surface area contributed by atoms with Gasteiger partial charge in [0, 0.05) is 22.5 Å². The van der Waals surface area contributed by atoms with Crippen LogP contribution in [0.25, 0.3) is 22.8 Å². The summed E-state index contributed by atoms with van der Waals surface area (Å²) in [5.41, 5.74) is 3.79. The highest BCUT2D eigenvalue weighted by molar-refractivity contribution is 5.65. The van der Waals surface area contributed by atoms with E-state index < -0.39 is 0 Å². The van der Waals surface area contributed by atoms with Crippen molar-refractivity contribution in [1.82, 2.24) is 10.1 Å². The number of nitrogens with zero attached hydrogens (tertiary/aromatic N) is 2. The average Bonchev–Trinajstić information content (AvgIpc) is 3.20. The molecule has 1 heterocycles. The van der Waals surface area contributed by atoms with Gasteiger partial charge < -0.3 is 14.6 Å². The van der Waals surface area contributed by atoms with Gasteiger partial charge in [0.05, 0.1) is 7.11 Å². The van der Waals surface area contributed by atoms with Gasteiger partial charge in [0.15, 0.2) is 0 Å². The Labute approximate surface area is 151 Å². The molecule has 4 aromatic rings. The van der Waals surface area contributed by atoms with Crippen LogP contribution in [0.2, 0.25) is 0 Å². The van der Waals surface area contributed by atoms with Crippen molar-refractivity contribution in [2.45, 2.75) is 0 Å². The highest BCUT2D eigenvalue weighted by atomic mass is 16.5. The van der Waals surface area contributed by atoms with Crippen LogP contribution in [0.5, 0.6) is 5.75 Å². The first-order valence-corrected chi connectivity index (χ1v) is 8.22. The first kappa shape index (κ1) is 15.9. The van der Waals surface area contributed by atoms with Crippen LogP contribution in [-0.4, -0.2) is 17.3 Å². The zero-order valence-corrected chi connectivity index (χ0v) is 14.2. The predicted molar refractivity (Wildman–Crippen MR) is 101 cm³/mol. The fourth-order valence-corrected chi connectivity index (χ4v) is 2.58. The van der Waals surface area contributed by atoms with E-state index in [-0.39, 0.29) is 0 Å². The number of anilines is 2. The van der Waals surface area contributed by atoms with Crippen LogP contribution in [0.15, 0.2) is 83.4 Å². The zero-order valence-electron chi connectivity index (χ0n) is 14.2. The summed E-state index contributed by atoms with van der Waals surface area (Å²) in [7, 11) is 1.64. The molecule has 0 atom stereocenters. The van der Waals surface area contributed by atoms with Crippen LogP contribution >= 0.6 is 0 Å². The Balaban J connectivity index is 1.52. The topological polar surface area (TPSA) is 60.2 Å². The number of hydrogen-bond acceptors (Lipinski definition) is 5. The minimum absolute atomic E-state index is 0.481. The van der Waals surface area contributed by atoms with Gasteiger partial charge in [-0.3, -0.25) is 0 Å². The van der Waals surface area contributed by atoms with Crippen molar-refractivity contribution in [3.8, 4) is 28.6 Å². The molecule has 3 aromatic carbocycles. The largest absolute Gasteiger partial charge is 0.497 e. The van der Waals surface area contributed by atoms with Crippen molar-refractivity contribution in [2.75, 3.05) is 12.4 Å². The third-order valence-corrected chi connectivity index (χ3v) is 3.97. The fraction of sp³-hybridized carbons (Fsp3) is 0.0476. The monoisotopic (exact) mass is 343 g/mol. The van der Waals surface area contributed by atoms with E-state index in [0.717, 1.165) is 28.3 Å². The van der Waals surface area contributed by atoms with Crippen molar-refractivity contribution in [3.63, 3.8) is 0 Å². The molecule has 0 aliphatic heterocycles.